The molecule has 1 aromatic carbocycles. The first kappa shape index (κ1) is 42.8. The number of aromatic nitrogens is 2. The Morgan fingerprint density at radius 1 is 1.21 bits per heavy atom. The number of anilines is 4. The van der Waals surface area contributed by atoms with E-state index in [1.165, 1.54) is 31.2 Å². The van der Waals surface area contributed by atoms with E-state index in [0.29, 0.717) is 40.3 Å². The Labute approximate surface area is 309 Å². The number of nitrogens with one attached hydrogen (secondary N) is 2. The van der Waals surface area contributed by atoms with Crippen LogP contribution in [0.4, 0.5) is 36.4 Å². The standard InChI is InChI=1S/C23H34ClN8O5P.C9H9F3.C2H6/c1-13-10-16(36-20(13)32-12-27-17-18(31(4)26)28-22(25)29-19(17)32)11-35-38(30-23(2,3)21(33)34-5)37-15-8-6-14(24)7-9-15;1-7-5-3-2-4-6-8(7)9(10,11)12;1-2/h6-9,13,16,20,27,30H,10-12,26H2,1-5H3,(H2,25,28,29);2-5H,6H2,1H3;1-2H3. The van der Waals surface area contributed by atoms with E-state index in [9.17, 15) is 18.0 Å². The maximum Gasteiger partial charge on any atom is 0.413 e. The van der Waals surface area contributed by atoms with Crippen molar-refractivity contribution < 1.29 is 36.5 Å². The molecular formula is C34H49ClF3N8O5P. The molecule has 0 saturated carbocycles. The molecule has 1 aromatic heterocycles. The highest BCUT2D eigenvalue weighted by molar-refractivity contribution is 7.45. The summed E-state index contributed by atoms with van der Waals surface area (Å²) in [5.41, 5.74) is 5.45. The number of esters is 1. The SMILES string of the molecule is CC.CC1=C(C(F)(F)F)CC=CC=C1.COC(=O)C(C)(C)NP(OCC1CC(C)C(N2CNc3c(N(C)N)nc(N)nc32)O1)Oc1ccc(Cl)cc1. The predicted octanol–water partition coefficient (Wildman–Crippen LogP) is 7.23. The van der Waals surface area contributed by atoms with Crippen LogP contribution in [0.2, 0.25) is 5.02 Å². The molecule has 18 heteroatoms. The molecule has 0 radical (unpaired) electrons. The van der Waals surface area contributed by atoms with Crippen LogP contribution >= 0.6 is 20.1 Å². The molecule has 5 rings (SSSR count). The number of hydrazine groups is 1. The second-order valence-corrected chi connectivity index (χ2v) is 14.0. The summed E-state index contributed by atoms with van der Waals surface area (Å²) in [6.07, 6.45) is 2.26. The lowest BCUT2D eigenvalue weighted by molar-refractivity contribution is -0.146. The van der Waals surface area contributed by atoms with E-state index in [1.807, 2.05) is 18.7 Å². The fourth-order valence-electron chi connectivity index (χ4n) is 5.35. The smallest absolute Gasteiger partial charge is 0.413 e. The van der Waals surface area contributed by atoms with Crippen LogP contribution in [-0.2, 0) is 18.8 Å². The number of ether oxygens (including phenoxy) is 2. The van der Waals surface area contributed by atoms with E-state index in [1.54, 1.807) is 57.3 Å². The van der Waals surface area contributed by atoms with E-state index in [-0.39, 0.29) is 37.2 Å². The molecule has 3 heterocycles. The summed E-state index contributed by atoms with van der Waals surface area (Å²) in [5.74, 6) is 7.47. The number of hydrogen-bond donors (Lipinski definition) is 4. The number of nitrogens with zero attached hydrogens (tertiary/aromatic N) is 4. The molecule has 1 aliphatic carbocycles. The van der Waals surface area contributed by atoms with Crippen molar-refractivity contribution in [1.29, 1.82) is 0 Å². The Hall–Kier alpha value is -3.66. The summed E-state index contributed by atoms with van der Waals surface area (Å²) in [6, 6.07) is 6.90. The number of fused-ring (bicyclic) bond motifs is 1. The molecule has 3 aliphatic rings. The van der Waals surface area contributed by atoms with Crippen molar-refractivity contribution in [1.82, 2.24) is 15.1 Å². The van der Waals surface area contributed by atoms with Crippen molar-refractivity contribution in [2.24, 2.45) is 11.8 Å². The van der Waals surface area contributed by atoms with Crippen LogP contribution in [0.1, 0.15) is 54.4 Å². The lowest BCUT2D eigenvalue weighted by Gasteiger charge is -2.29. The Bertz CT molecular complexity index is 1590. The Balaban J connectivity index is 0.000000439. The van der Waals surface area contributed by atoms with Crippen LogP contribution in [-0.4, -0.2) is 67.4 Å². The van der Waals surface area contributed by atoms with E-state index in [2.05, 4.69) is 27.3 Å². The quantitative estimate of drug-likeness (QED) is 0.0829. The normalized spacial score (nSPS) is 20.1. The first-order chi connectivity index (χ1) is 24.5. The van der Waals surface area contributed by atoms with Gasteiger partial charge < -0.3 is 34.5 Å². The molecule has 1 fully saturated rings. The van der Waals surface area contributed by atoms with Gasteiger partial charge in [0.05, 0.1) is 26.5 Å². The van der Waals surface area contributed by atoms with Gasteiger partial charge in [0.25, 0.3) is 0 Å². The van der Waals surface area contributed by atoms with Crippen LogP contribution in [0.15, 0.2) is 59.7 Å². The second kappa shape index (κ2) is 18.9. The number of benzene rings is 1. The number of nitrogen functional groups attached to an aromatic ring is 1. The molecule has 288 valence electrons. The lowest BCUT2D eigenvalue weighted by atomic mass is 10.1. The molecule has 1 saturated heterocycles. The first-order valence-corrected chi connectivity index (χ1v) is 18.2. The second-order valence-electron chi connectivity index (χ2n) is 12.4. The summed E-state index contributed by atoms with van der Waals surface area (Å²) in [6.45, 7) is 11.7. The minimum Gasteiger partial charge on any atom is -0.468 e. The topological polar surface area (TPSA) is 162 Å². The number of nitrogens with two attached hydrogens (primary N) is 2. The monoisotopic (exact) mass is 772 g/mol. The number of carbonyl (C=O) groups excluding carboxylic acids is 1. The largest absolute Gasteiger partial charge is 0.468 e. The summed E-state index contributed by atoms with van der Waals surface area (Å²) in [4.78, 5) is 23.0. The zero-order chi connectivity index (χ0) is 38.8. The zero-order valence-corrected chi connectivity index (χ0v) is 32.3. The van der Waals surface area contributed by atoms with Crippen LogP contribution < -0.4 is 36.4 Å². The van der Waals surface area contributed by atoms with Gasteiger partial charge in [-0.15, -0.1) is 0 Å². The zero-order valence-electron chi connectivity index (χ0n) is 30.6. The maximum absolute atomic E-state index is 12.3. The summed E-state index contributed by atoms with van der Waals surface area (Å²) in [7, 11) is 1.28. The van der Waals surface area contributed by atoms with E-state index < -0.39 is 31.8 Å². The van der Waals surface area contributed by atoms with Crippen LogP contribution in [0, 0.1) is 5.92 Å². The first-order valence-electron chi connectivity index (χ1n) is 16.6. The summed E-state index contributed by atoms with van der Waals surface area (Å²) in [5, 5.41) is 8.41. The van der Waals surface area contributed by atoms with Gasteiger partial charge in [0.1, 0.15) is 23.2 Å². The molecule has 0 amide bonds. The third-order valence-electron chi connectivity index (χ3n) is 7.86. The number of alkyl halides is 3. The summed E-state index contributed by atoms with van der Waals surface area (Å²) < 4.78 is 60.3. The van der Waals surface area contributed by atoms with E-state index in [4.69, 9.17) is 41.7 Å². The molecule has 52 heavy (non-hydrogen) atoms. The molecule has 0 bridgehead atoms. The fourth-order valence-corrected chi connectivity index (χ4v) is 6.80. The highest BCUT2D eigenvalue weighted by Crippen LogP contribution is 2.43. The molecule has 4 atom stereocenters. The molecule has 2 aromatic rings. The lowest BCUT2D eigenvalue weighted by Crippen LogP contribution is -2.45. The average Bonchev–Trinajstić information content (AvgIpc) is 3.59. The maximum atomic E-state index is 12.3. The van der Waals surface area contributed by atoms with Gasteiger partial charge in [0.15, 0.2) is 11.6 Å². The Kier molecular flexibility index (Phi) is 15.5. The van der Waals surface area contributed by atoms with Gasteiger partial charge >= 0.3 is 20.7 Å². The molecule has 4 unspecified atom stereocenters. The van der Waals surface area contributed by atoms with Crippen LogP contribution in [0.5, 0.6) is 5.75 Å². The van der Waals surface area contributed by atoms with Crippen LogP contribution in [0.3, 0.4) is 0 Å². The van der Waals surface area contributed by atoms with Crippen LogP contribution in [0.25, 0.3) is 0 Å². The van der Waals surface area contributed by atoms with E-state index >= 15 is 0 Å². The van der Waals surface area contributed by atoms with Gasteiger partial charge in [-0.2, -0.15) is 23.1 Å². The molecule has 2 aliphatic heterocycles. The van der Waals surface area contributed by atoms with Gasteiger partial charge in [-0.25, -0.2) is 10.9 Å². The predicted molar refractivity (Wildman–Crippen MR) is 200 cm³/mol. The number of carbonyl (C=O) groups is 1. The van der Waals surface area contributed by atoms with Gasteiger partial charge in [-0.1, -0.05) is 56.7 Å². The highest BCUT2D eigenvalue weighted by atomic mass is 35.5. The van der Waals surface area contributed by atoms with Crippen molar-refractivity contribution in [3.8, 4) is 5.75 Å². The van der Waals surface area contributed by atoms with Crippen molar-refractivity contribution in [2.75, 3.05) is 48.4 Å². The average molecular weight is 773 g/mol. The van der Waals surface area contributed by atoms with Gasteiger partial charge in [0.2, 0.25) is 5.95 Å². The Morgan fingerprint density at radius 2 is 1.88 bits per heavy atom. The van der Waals surface area contributed by atoms with Crippen molar-refractivity contribution >= 4 is 49.4 Å². The minimum absolute atomic E-state index is 0.0255. The van der Waals surface area contributed by atoms with Crippen molar-refractivity contribution in [3.05, 3.63) is 64.7 Å². The van der Waals surface area contributed by atoms with Crippen molar-refractivity contribution in [2.45, 2.75) is 78.4 Å². The molecule has 6 N–H and O–H groups in total. The minimum atomic E-state index is -4.19. The van der Waals surface area contributed by atoms with Gasteiger partial charge in [0, 0.05) is 23.6 Å². The van der Waals surface area contributed by atoms with Gasteiger partial charge in [-0.05, 0) is 63.5 Å². The number of allylic oxidation sites excluding steroid dienone is 6. The highest BCUT2D eigenvalue weighted by Gasteiger charge is 2.42. The number of methoxy groups -OCH3 is 1. The number of hydrogen-bond acceptors (Lipinski definition) is 13. The summed E-state index contributed by atoms with van der Waals surface area (Å²) >= 11 is 6.00. The molecular weight excluding hydrogens is 724 g/mol. The molecule has 13 nitrogen and oxygen atoms in total. The Morgan fingerprint density at radius 3 is 2.50 bits per heavy atom. The van der Waals surface area contributed by atoms with Gasteiger partial charge in [-0.3, -0.25) is 9.80 Å². The number of halogens is 4. The van der Waals surface area contributed by atoms with Crippen molar-refractivity contribution in [3.63, 3.8) is 0 Å². The number of rotatable bonds is 10. The fraction of sp³-hybridized carbons (Fsp3) is 0.500. The van der Waals surface area contributed by atoms with E-state index in [0.717, 1.165) is 6.42 Å². The molecule has 0 spiro atoms. The third-order valence-corrected chi connectivity index (χ3v) is 9.61. The third kappa shape index (κ3) is 11.4.